The minimum atomic E-state index is -0.540. The van der Waals surface area contributed by atoms with Crippen LogP contribution in [0.25, 0.3) is 0 Å². The molecule has 1 amide bonds. The van der Waals surface area contributed by atoms with Gasteiger partial charge in [0, 0.05) is 19.3 Å². The molecule has 3 rings (SSSR count). The second kappa shape index (κ2) is 7.15. The van der Waals surface area contributed by atoms with E-state index >= 15 is 0 Å². The van der Waals surface area contributed by atoms with Crippen molar-refractivity contribution in [1.29, 1.82) is 0 Å². The Morgan fingerprint density at radius 1 is 1.26 bits per heavy atom. The summed E-state index contributed by atoms with van der Waals surface area (Å²) < 4.78 is 18.9. The normalized spacial score (nSPS) is 14.6. The standard InChI is InChI=1S/C16H17FN4O2/c17-14-4-2-1-3-13(14)15(22)19-11-12-5-6-18-16(20-12)21-7-9-23-10-8-21/h1-6H,7-11H2,(H,19,22). The number of carbonyl (C=O) groups excluding carboxylic acids is 1. The lowest BCUT2D eigenvalue weighted by atomic mass is 10.2. The molecule has 7 heteroatoms. The molecule has 0 saturated carbocycles. The van der Waals surface area contributed by atoms with E-state index in [-0.39, 0.29) is 12.1 Å². The average Bonchev–Trinajstić information content (AvgIpc) is 2.61. The number of ether oxygens (including phenoxy) is 1. The van der Waals surface area contributed by atoms with E-state index in [2.05, 4.69) is 15.3 Å². The predicted molar refractivity (Wildman–Crippen MR) is 82.6 cm³/mol. The number of hydrogen-bond donors (Lipinski definition) is 1. The first-order valence-electron chi connectivity index (χ1n) is 7.41. The highest BCUT2D eigenvalue weighted by atomic mass is 19.1. The fourth-order valence-corrected chi connectivity index (χ4v) is 2.31. The highest BCUT2D eigenvalue weighted by Crippen LogP contribution is 2.10. The zero-order valence-corrected chi connectivity index (χ0v) is 12.5. The molecule has 0 unspecified atom stereocenters. The highest BCUT2D eigenvalue weighted by molar-refractivity contribution is 5.94. The molecular weight excluding hydrogens is 299 g/mol. The molecule has 1 saturated heterocycles. The van der Waals surface area contributed by atoms with Gasteiger partial charge < -0.3 is 15.0 Å². The summed E-state index contributed by atoms with van der Waals surface area (Å²) in [5, 5.41) is 2.67. The number of nitrogens with one attached hydrogen (secondary N) is 1. The molecule has 0 aliphatic carbocycles. The zero-order valence-electron chi connectivity index (χ0n) is 12.5. The fraction of sp³-hybridized carbons (Fsp3) is 0.312. The number of anilines is 1. The monoisotopic (exact) mass is 316 g/mol. The number of carbonyl (C=O) groups is 1. The molecule has 0 spiro atoms. The molecule has 0 atom stereocenters. The maximum absolute atomic E-state index is 13.6. The van der Waals surface area contributed by atoms with Crippen molar-refractivity contribution in [2.45, 2.75) is 6.54 Å². The minimum Gasteiger partial charge on any atom is -0.378 e. The molecule has 2 heterocycles. The first kappa shape index (κ1) is 15.4. The van der Waals surface area contributed by atoms with E-state index in [4.69, 9.17) is 4.74 Å². The van der Waals surface area contributed by atoms with Gasteiger partial charge in [-0.05, 0) is 18.2 Å². The molecule has 1 fully saturated rings. The maximum atomic E-state index is 13.6. The second-order valence-electron chi connectivity index (χ2n) is 5.11. The molecule has 1 N–H and O–H groups in total. The Labute approximate surface area is 133 Å². The van der Waals surface area contributed by atoms with Gasteiger partial charge in [-0.1, -0.05) is 12.1 Å². The summed E-state index contributed by atoms with van der Waals surface area (Å²) in [6, 6.07) is 7.61. The summed E-state index contributed by atoms with van der Waals surface area (Å²) in [6.45, 7) is 3.00. The highest BCUT2D eigenvalue weighted by Gasteiger charge is 2.15. The molecule has 1 aliphatic heterocycles. The zero-order chi connectivity index (χ0) is 16.1. The largest absolute Gasteiger partial charge is 0.378 e. The third-order valence-corrected chi connectivity index (χ3v) is 3.54. The molecule has 23 heavy (non-hydrogen) atoms. The third kappa shape index (κ3) is 3.81. The Hall–Kier alpha value is -2.54. The molecular formula is C16H17FN4O2. The minimum absolute atomic E-state index is 0.0231. The van der Waals surface area contributed by atoms with Crippen molar-refractivity contribution in [1.82, 2.24) is 15.3 Å². The summed E-state index contributed by atoms with van der Waals surface area (Å²) in [7, 11) is 0. The van der Waals surface area contributed by atoms with E-state index in [9.17, 15) is 9.18 Å². The van der Waals surface area contributed by atoms with Crippen LogP contribution in [0.3, 0.4) is 0 Å². The van der Waals surface area contributed by atoms with Gasteiger partial charge in [-0.15, -0.1) is 0 Å². The number of nitrogens with zero attached hydrogens (tertiary/aromatic N) is 3. The van der Waals surface area contributed by atoms with E-state index in [1.54, 1.807) is 24.4 Å². The molecule has 120 valence electrons. The van der Waals surface area contributed by atoms with Crippen molar-refractivity contribution in [3.8, 4) is 0 Å². The molecule has 1 aliphatic rings. The Balaban J connectivity index is 1.64. The molecule has 1 aromatic heterocycles. The third-order valence-electron chi connectivity index (χ3n) is 3.54. The van der Waals surface area contributed by atoms with Gasteiger partial charge in [-0.25, -0.2) is 14.4 Å². The Morgan fingerprint density at radius 2 is 2.04 bits per heavy atom. The predicted octanol–water partition coefficient (Wildman–Crippen LogP) is 1.38. The molecule has 0 bridgehead atoms. The molecule has 0 radical (unpaired) electrons. The van der Waals surface area contributed by atoms with Crippen LogP contribution < -0.4 is 10.2 Å². The molecule has 1 aromatic carbocycles. The quantitative estimate of drug-likeness (QED) is 0.923. The van der Waals surface area contributed by atoms with Gasteiger partial charge in [0.15, 0.2) is 0 Å². The van der Waals surface area contributed by atoms with E-state index in [1.807, 2.05) is 4.90 Å². The van der Waals surface area contributed by atoms with Crippen LogP contribution in [0, 0.1) is 5.82 Å². The average molecular weight is 316 g/mol. The van der Waals surface area contributed by atoms with Crippen LogP contribution in [0.1, 0.15) is 16.1 Å². The lowest BCUT2D eigenvalue weighted by Gasteiger charge is -2.26. The van der Waals surface area contributed by atoms with Crippen molar-refractivity contribution >= 4 is 11.9 Å². The van der Waals surface area contributed by atoms with Crippen LogP contribution >= 0.6 is 0 Å². The summed E-state index contributed by atoms with van der Waals surface area (Å²) in [4.78, 5) is 22.7. The van der Waals surface area contributed by atoms with E-state index < -0.39 is 11.7 Å². The van der Waals surface area contributed by atoms with Crippen molar-refractivity contribution in [3.05, 3.63) is 53.6 Å². The fourth-order valence-electron chi connectivity index (χ4n) is 2.31. The number of aromatic nitrogens is 2. The smallest absolute Gasteiger partial charge is 0.254 e. The molecule has 6 nitrogen and oxygen atoms in total. The lowest BCUT2D eigenvalue weighted by Crippen LogP contribution is -2.37. The second-order valence-corrected chi connectivity index (χ2v) is 5.11. The first-order chi connectivity index (χ1) is 11.2. The number of hydrogen-bond acceptors (Lipinski definition) is 5. The number of benzene rings is 1. The van der Waals surface area contributed by atoms with Crippen LogP contribution in [0.5, 0.6) is 0 Å². The summed E-state index contributed by atoms with van der Waals surface area (Å²) in [5.41, 5.74) is 0.695. The van der Waals surface area contributed by atoms with E-state index in [1.165, 1.54) is 12.1 Å². The number of halogens is 1. The summed E-state index contributed by atoms with van der Waals surface area (Å²) >= 11 is 0. The van der Waals surface area contributed by atoms with Crippen LogP contribution in [-0.4, -0.2) is 42.2 Å². The van der Waals surface area contributed by atoms with Gasteiger partial charge in [-0.2, -0.15) is 0 Å². The van der Waals surface area contributed by atoms with Crippen LogP contribution in [0.15, 0.2) is 36.5 Å². The van der Waals surface area contributed by atoms with Crippen molar-refractivity contribution in [3.63, 3.8) is 0 Å². The van der Waals surface area contributed by atoms with Gasteiger partial charge in [0.1, 0.15) is 5.82 Å². The Morgan fingerprint density at radius 3 is 2.83 bits per heavy atom. The lowest BCUT2D eigenvalue weighted by molar-refractivity contribution is 0.0946. The Kier molecular flexibility index (Phi) is 4.77. The molecule has 2 aromatic rings. The topological polar surface area (TPSA) is 67.4 Å². The van der Waals surface area contributed by atoms with Crippen molar-refractivity contribution < 1.29 is 13.9 Å². The summed E-state index contributed by atoms with van der Waals surface area (Å²) in [5.74, 6) is -0.387. The van der Waals surface area contributed by atoms with Crippen LogP contribution in [0.4, 0.5) is 10.3 Å². The van der Waals surface area contributed by atoms with Crippen molar-refractivity contribution in [2.24, 2.45) is 0 Å². The van der Waals surface area contributed by atoms with E-state index in [0.717, 1.165) is 13.1 Å². The first-order valence-corrected chi connectivity index (χ1v) is 7.41. The van der Waals surface area contributed by atoms with Gasteiger partial charge >= 0.3 is 0 Å². The van der Waals surface area contributed by atoms with Gasteiger partial charge in [-0.3, -0.25) is 4.79 Å². The van der Waals surface area contributed by atoms with Crippen LogP contribution in [-0.2, 0) is 11.3 Å². The van der Waals surface area contributed by atoms with Crippen molar-refractivity contribution in [2.75, 3.05) is 31.2 Å². The Bertz CT molecular complexity index is 689. The number of morpholine rings is 1. The number of amides is 1. The van der Waals surface area contributed by atoms with Gasteiger partial charge in [0.25, 0.3) is 5.91 Å². The number of rotatable bonds is 4. The SMILES string of the molecule is O=C(NCc1ccnc(N2CCOCC2)n1)c1ccccc1F. The van der Waals surface area contributed by atoms with Gasteiger partial charge in [0.2, 0.25) is 5.95 Å². The van der Waals surface area contributed by atoms with Gasteiger partial charge in [0.05, 0.1) is 31.0 Å². The maximum Gasteiger partial charge on any atom is 0.254 e. The summed E-state index contributed by atoms with van der Waals surface area (Å²) in [6.07, 6.45) is 1.66. The van der Waals surface area contributed by atoms with E-state index in [0.29, 0.717) is 24.9 Å². The van der Waals surface area contributed by atoms with Crippen LogP contribution in [0.2, 0.25) is 0 Å².